The second-order valence-electron chi connectivity index (χ2n) is 10.1. The van der Waals surface area contributed by atoms with Gasteiger partial charge in [0.15, 0.2) is 0 Å². The smallest absolute Gasteiger partial charge is 0.254 e. The monoisotopic (exact) mass is 463 g/mol. The van der Waals surface area contributed by atoms with Crippen LogP contribution in [0, 0.1) is 0 Å². The number of benzene rings is 2. The number of carbonyl (C=O) groups excluding carboxylic acids is 1. The summed E-state index contributed by atoms with van der Waals surface area (Å²) >= 11 is 0. The molecule has 182 valence electrons. The molecular formula is C28H37N3O3. The summed E-state index contributed by atoms with van der Waals surface area (Å²) in [6.07, 6.45) is 3.90. The van der Waals surface area contributed by atoms with Crippen molar-refractivity contribution in [2.24, 2.45) is 0 Å². The normalized spacial score (nSPS) is 20.8. The van der Waals surface area contributed by atoms with Gasteiger partial charge in [0.25, 0.3) is 5.91 Å². The largest absolute Gasteiger partial charge is 0.390 e. The Bertz CT molecular complexity index is 1000. The van der Waals surface area contributed by atoms with E-state index in [9.17, 15) is 9.90 Å². The standard InChI is InChI=1S/C28H37N3O3/c1-34-26-10-13-29(14-11-26)17-21-6-7-27-23(16-21)9-15-31(28(27)33)20-25(32)19-30-12-8-22-4-2-3-5-24(22)18-30/h2-7,16,25-26,32H,8-15,17-20H2,1H3. The summed E-state index contributed by atoms with van der Waals surface area (Å²) in [6.45, 7) is 6.54. The number of methoxy groups -OCH3 is 1. The fraction of sp³-hybridized carbons (Fsp3) is 0.536. The molecule has 0 aromatic heterocycles. The van der Waals surface area contributed by atoms with Crippen molar-refractivity contribution < 1.29 is 14.6 Å². The van der Waals surface area contributed by atoms with Gasteiger partial charge in [0.1, 0.15) is 0 Å². The van der Waals surface area contributed by atoms with Crippen molar-refractivity contribution in [2.45, 2.75) is 51.0 Å². The van der Waals surface area contributed by atoms with Crippen LogP contribution in [0.15, 0.2) is 42.5 Å². The maximum atomic E-state index is 13.2. The summed E-state index contributed by atoms with van der Waals surface area (Å²) < 4.78 is 5.48. The first-order valence-electron chi connectivity index (χ1n) is 12.7. The number of β-amino-alcohol motifs (C(OH)–C–C–N with tert-alkyl or cyclic N) is 1. The number of carbonyl (C=O) groups is 1. The van der Waals surface area contributed by atoms with E-state index in [2.05, 4.69) is 46.2 Å². The third-order valence-corrected chi connectivity index (χ3v) is 7.72. The van der Waals surface area contributed by atoms with Crippen molar-refractivity contribution in [3.05, 3.63) is 70.3 Å². The van der Waals surface area contributed by atoms with Crippen LogP contribution in [0.1, 0.15) is 45.5 Å². The molecule has 2 aromatic carbocycles. The molecular weight excluding hydrogens is 426 g/mol. The first kappa shape index (κ1) is 23.5. The van der Waals surface area contributed by atoms with E-state index >= 15 is 0 Å². The van der Waals surface area contributed by atoms with Crippen LogP contribution in [0.25, 0.3) is 0 Å². The Labute approximate surface area is 203 Å². The van der Waals surface area contributed by atoms with E-state index in [1.807, 2.05) is 11.0 Å². The number of likely N-dealkylation sites (tertiary alicyclic amines) is 1. The SMILES string of the molecule is COC1CCN(Cc2ccc3c(c2)CCN(CC(O)CN2CCc4ccccc4C2)C3=O)CC1. The molecule has 2 aromatic rings. The second kappa shape index (κ2) is 10.6. The van der Waals surface area contributed by atoms with Crippen molar-refractivity contribution in [1.82, 2.24) is 14.7 Å². The molecule has 1 amide bonds. The molecule has 3 aliphatic heterocycles. The molecule has 1 atom stereocenters. The molecule has 0 bridgehead atoms. The number of aliphatic hydroxyl groups excluding tert-OH is 1. The Balaban J connectivity index is 1.14. The van der Waals surface area contributed by atoms with Crippen molar-refractivity contribution in [2.75, 3.05) is 46.4 Å². The Hall–Kier alpha value is -2.25. The first-order valence-corrected chi connectivity index (χ1v) is 12.7. The van der Waals surface area contributed by atoms with E-state index in [0.717, 1.165) is 69.5 Å². The van der Waals surface area contributed by atoms with Gasteiger partial charge >= 0.3 is 0 Å². The molecule has 3 heterocycles. The predicted octanol–water partition coefficient (Wildman–Crippen LogP) is 2.71. The average molecular weight is 464 g/mol. The molecule has 3 aliphatic rings. The fourth-order valence-corrected chi connectivity index (χ4v) is 5.74. The van der Waals surface area contributed by atoms with E-state index in [-0.39, 0.29) is 5.91 Å². The molecule has 0 aliphatic carbocycles. The number of piperidine rings is 1. The Morgan fingerprint density at radius 1 is 0.941 bits per heavy atom. The zero-order valence-corrected chi connectivity index (χ0v) is 20.3. The maximum Gasteiger partial charge on any atom is 0.254 e. The van der Waals surface area contributed by atoms with E-state index in [1.165, 1.54) is 16.7 Å². The van der Waals surface area contributed by atoms with Gasteiger partial charge in [-0.15, -0.1) is 0 Å². The van der Waals surface area contributed by atoms with E-state index in [0.29, 0.717) is 25.7 Å². The third-order valence-electron chi connectivity index (χ3n) is 7.72. The van der Waals surface area contributed by atoms with Crippen LogP contribution in [-0.2, 0) is 30.7 Å². The highest BCUT2D eigenvalue weighted by Crippen LogP contribution is 2.24. The minimum absolute atomic E-state index is 0.0525. The van der Waals surface area contributed by atoms with Gasteiger partial charge in [-0.25, -0.2) is 0 Å². The molecule has 0 spiro atoms. The summed E-state index contributed by atoms with van der Waals surface area (Å²) in [5.41, 5.74) is 5.99. The number of ether oxygens (including phenoxy) is 1. The molecule has 34 heavy (non-hydrogen) atoms. The van der Waals surface area contributed by atoms with Gasteiger partial charge in [-0.05, 0) is 54.0 Å². The number of rotatable bonds is 7. The van der Waals surface area contributed by atoms with Crippen molar-refractivity contribution >= 4 is 5.91 Å². The lowest BCUT2D eigenvalue weighted by Gasteiger charge is -2.34. The lowest BCUT2D eigenvalue weighted by Crippen LogP contribution is -2.46. The quantitative estimate of drug-likeness (QED) is 0.684. The summed E-state index contributed by atoms with van der Waals surface area (Å²) in [4.78, 5) is 19.8. The summed E-state index contributed by atoms with van der Waals surface area (Å²) in [7, 11) is 1.80. The lowest BCUT2D eigenvalue weighted by molar-refractivity contribution is 0.0388. The van der Waals surface area contributed by atoms with Gasteiger partial charge < -0.3 is 14.7 Å². The van der Waals surface area contributed by atoms with Crippen LogP contribution in [0.4, 0.5) is 0 Å². The van der Waals surface area contributed by atoms with Gasteiger partial charge in [-0.3, -0.25) is 14.6 Å². The summed E-state index contributed by atoms with van der Waals surface area (Å²) in [5, 5.41) is 10.8. The molecule has 6 heteroatoms. The Morgan fingerprint density at radius 2 is 1.71 bits per heavy atom. The number of aliphatic hydroxyl groups is 1. The molecule has 0 saturated carbocycles. The fourth-order valence-electron chi connectivity index (χ4n) is 5.74. The molecule has 1 unspecified atom stereocenters. The molecule has 1 saturated heterocycles. The first-order chi connectivity index (χ1) is 16.6. The number of nitrogens with zero attached hydrogens (tertiary/aromatic N) is 3. The molecule has 6 nitrogen and oxygen atoms in total. The van der Waals surface area contributed by atoms with Crippen LogP contribution >= 0.6 is 0 Å². The molecule has 1 N–H and O–H groups in total. The Morgan fingerprint density at radius 3 is 2.50 bits per heavy atom. The number of hydrogen-bond acceptors (Lipinski definition) is 5. The Kier molecular flexibility index (Phi) is 7.30. The van der Waals surface area contributed by atoms with Crippen molar-refractivity contribution in [3.8, 4) is 0 Å². The molecule has 1 fully saturated rings. The summed E-state index contributed by atoms with van der Waals surface area (Å²) in [5.74, 6) is 0.0525. The van der Waals surface area contributed by atoms with Crippen molar-refractivity contribution in [1.29, 1.82) is 0 Å². The van der Waals surface area contributed by atoms with Gasteiger partial charge in [0, 0.05) is 65.0 Å². The van der Waals surface area contributed by atoms with Gasteiger partial charge in [0.05, 0.1) is 12.2 Å². The topological polar surface area (TPSA) is 56.2 Å². The highest BCUT2D eigenvalue weighted by Gasteiger charge is 2.28. The zero-order valence-electron chi connectivity index (χ0n) is 20.3. The highest BCUT2D eigenvalue weighted by atomic mass is 16.5. The van der Waals surface area contributed by atoms with E-state index < -0.39 is 6.10 Å². The third kappa shape index (κ3) is 5.36. The van der Waals surface area contributed by atoms with Gasteiger partial charge in [-0.1, -0.05) is 36.4 Å². The summed E-state index contributed by atoms with van der Waals surface area (Å²) in [6, 6.07) is 14.9. The second-order valence-corrected chi connectivity index (χ2v) is 10.1. The van der Waals surface area contributed by atoms with Crippen LogP contribution in [0.5, 0.6) is 0 Å². The number of fused-ring (bicyclic) bond motifs is 2. The van der Waals surface area contributed by atoms with Crippen LogP contribution in [0.3, 0.4) is 0 Å². The average Bonchev–Trinajstić information content (AvgIpc) is 2.86. The maximum absolute atomic E-state index is 13.2. The van der Waals surface area contributed by atoms with Gasteiger partial charge in [-0.2, -0.15) is 0 Å². The van der Waals surface area contributed by atoms with Crippen LogP contribution in [-0.4, -0.2) is 84.3 Å². The van der Waals surface area contributed by atoms with Crippen LogP contribution < -0.4 is 0 Å². The lowest BCUT2D eigenvalue weighted by atomic mass is 9.95. The minimum atomic E-state index is -0.537. The predicted molar refractivity (Wildman–Crippen MR) is 133 cm³/mol. The minimum Gasteiger partial charge on any atom is -0.390 e. The van der Waals surface area contributed by atoms with E-state index in [4.69, 9.17) is 4.74 Å². The van der Waals surface area contributed by atoms with Gasteiger partial charge in [0.2, 0.25) is 0 Å². The number of hydrogen-bond donors (Lipinski definition) is 1. The van der Waals surface area contributed by atoms with Crippen LogP contribution in [0.2, 0.25) is 0 Å². The number of amides is 1. The molecule has 0 radical (unpaired) electrons. The van der Waals surface area contributed by atoms with Crippen molar-refractivity contribution in [3.63, 3.8) is 0 Å². The van der Waals surface area contributed by atoms with E-state index in [1.54, 1.807) is 7.11 Å². The molecule has 5 rings (SSSR count). The highest BCUT2D eigenvalue weighted by molar-refractivity contribution is 5.96. The zero-order chi connectivity index (χ0) is 23.5.